The SMILES string of the molecule is COCc1ccc(OC)cc1-c1nnc(NC(=O)OC(C)(C)C)s1. The van der Waals surface area contributed by atoms with Crippen molar-refractivity contribution in [2.24, 2.45) is 0 Å². The first-order valence-corrected chi connectivity index (χ1v) is 8.14. The summed E-state index contributed by atoms with van der Waals surface area (Å²) in [4.78, 5) is 11.8. The fraction of sp³-hybridized carbons (Fsp3) is 0.438. The number of nitrogens with one attached hydrogen (secondary N) is 1. The Bertz CT molecular complexity index is 710. The van der Waals surface area contributed by atoms with Crippen molar-refractivity contribution in [1.82, 2.24) is 10.2 Å². The summed E-state index contributed by atoms with van der Waals surface area (Å²) in [5.74, 6) is 0.710. The smallest absolute Gasteiger partial charge is 0.414 e. The summed E-state index contributed by atoms with van der Waals surface area (Å²) in [5, 5.41) is 11.8. The van der Waals surface area contributed by atoms with Crippen LogP contribution < -0.4 is 10.1 Å². The summed E-state index contributed by atoms with van der Waals surface area (Å²) in [7, 11) is 3.23. The van der Waals surface area contributed by atoms with Gasteiger partial charge in [0.15, 0.2) is 0 Å². The van der Waals surface area contributed by atoms with E-state index in [-0.39, 0.29) is 0 Å². The standard InChI is InChI=1S/C16H21N3O4S/c1-16(2,3)23-15(20)17-14-19-18-13(24-14)12-8-11(22-5)7-6-10(12)9-21-4/h6-8H,9H2,1-5H3,(H,17,19,20). The number of methoxy groups -OCH3 is 2. The molecule has 0 spiro atoms. The van der Waals surface area contributed by atoms with Crippen molar-refractivity contribution < 1.29 is 19.0 Å². The van der Waals surface area contributed by atoms with Crippen molar-refractivity contribution in [3.8, 4) is 16.3 Å². The number of hydrogen-bond acceptors (Lipinski definition) is 7. The van der Waals surface area contributed by atoms with Crippen molar-refractivity contribution >= 4 is 22.6 Å². The second kappa shape index (κ2) is 7.59. The molecule has 1 heterocycles. The Balaban J connectivity index is 2.22. The quantitative estimate of drug-likeness (QED) is 0.884. The van der Waals surface area contributed by atoms with Crippen LogP contribution in [0.15, 0.2) is 18.2 Å². The number of amides is 1. The van der Waals surface area contributed by atoms with Crippen LogP contribution in [0, 0.1) is 0 Å². The summed E-state index contributed by atoms with van der Waals surface area (Å²) >= 11 is 1.25. The minimum Gasteiger partial charge on any atom is -0.497 e. The van der Waals surface area contributed by atoms with E-state index in [9.17, 15) is 4.79 Å². The lowest BCUT2D eigenvalue weighted by atomic mass is 10.1. The number of carbonyl (C=O) groups is 1. The molecule has 1 N–H and O–H groups in total. The van der Waals surface area contributed by atoms with E-state index < -0.39 is 11.7 Å². The van der Waals surface area contributed by atoms with E-state index in [1.165, 1.54) is 11.3 Å². The molecular weight excluding hydrogens is 330 g/mol. The Hall–Kier alpha value is -2.19. The number of nitrogens with zero attached hydrogens (tertiary/aromatic N) is 2. The molecule has 0 bridgehead atoms. The molecule has 8 heteroatoms. The largest absolute Gasteiger partial charge is 0.497 e. The number of benzene rings is 1. The van der Waals surface area contributed by atoms with Gasteiger partial charge in [-0.2, -0.15) is 0 Å². The monoisotopic (exact) mass is 351 g/mol. The predicted octanol–water partition coefficient (Wildman–Crippen LogP) is 3.71. The lowest BCUT2D eigenvalue weighted by molar-refractivity contribution is 0.0636. The zero-order chi connectivity index (χ0) is 17.7. The molecule has 0 unspecified atom stereocenters. The molecule has 1 amide bonds. The molecule has 0 atom stereocenters. The van der Waals surface area contributed by atoms with E-state index in [2.05, 4.69) is 15.5 Å². The highest BCUT2D eigenvalue weighted by molar-refractivity contribution is 7.18. The summed E-state index contributed by atoms with van der Waals surface area (Å²) < 4.78 is 15.7. The van der Waals surface area contributed by atoms with Crippen LogP contribution in [0.3, 0.4) is 0 Å². The van der Waals surface area contributed by atoms with Gasteiger partial charge in [0.2, 0.25) is 5.13 Å². The summed E-state index contributed by atoms with van der Waals surface area (Å²) in [6, 6.07) is 5.64. The number of carbonyl (C=O) groups excluding carboxylic acids is 1. The Morgan fingerprint density at radius 3 is 2.62 bits per heavy atom. The summed E-state index contributed by atoms with van der Waals surface area (Å²) in [5.41, 5.74) is 1.24. The van der Waals surface area contributed by atoms with Gasteiger partial charge in [-0.25, -0.2) is 4.79 Å². The van der Waals surface area contributed by atoms with Gasteiger partial charge in [0.25, 0.3) is 0 Å². The van der Waals surface area contributed by atoms with Crippen LogP contribution in [-0.2, 0) is 16.1 Å². The van der Waals surface area contributed by atoms with Crippen molar-refractivity contribution in [3.05, 3.63) is 23.8 Å². The van der Waals surface area contributed by atoms with Gasteiger partial charge in [0.05, 0.1) is 13.7 Å². The molecule has 0 saturated heterocycles. The maximum Gasteiger partial charge on any atom is 0.414 e. The maximum atomic E-state index is 11.8. The lowest BCUT2D eigenvalue weighted by Gasteiger charge is -2.18. The van der Waals surface area contributed by atoms with E-state index in [1.807, 2.05) is 18.2 Å². The number of hydrogen-bond donors (Lipinski definition) is 1. The molecule has 0 aliphatic heterocycles. The van der Waals surface area contributed by atoms with Gasteiger partial charge < -0.3 is 14.2 Å². The fourth-order valence-electron chi connectivity index (χ4n) is 1.94. The van der Waals surface area contributed by atoms with Crippen LogP contribution in [-0.4, -0.2) is 36.1 Å². The number of anilines is 1. The van der Waals surface area contributed by atoms with E-state index in [1.54, 1.807) is 35.0 Å². The predicted molar refractivity (Wildman–Crippen MR) is 92.5 cm³/mol. The molecule has 24 heavy (non-hydrogen) atoms. The second-order valence-electron chi connectivity index (χ2n) is 6.00. The molecule has 0 fully saturated rings. The highest BCUT2D eigenvalue weighted by Crippen LogP contribution is 2.32. The molecule has 0 radical (unpaired) electrons. The topological polar surface area (TPSA) is 82.6 Å². The average Bonchev–Trinajstić information content (AvgIpc) is 2.94. The zero-order valence-corrected chi connectivity index (χ0v) is 15.2. The second-order valence-corrected chi connectivity index (χ2v) is 6.97. The van der Waals surface area contributed by atoms with Gasteiger partial charge in [-0.3, -0.25) is 5.32 Å². The lowest BCUT2D eigenvalue weighted by Crippen LogP contribution is -2.27. The molecule has 2 aromatic rings. The Labute approximate surface area is 145 Å². The summed E-state index contributed by atoms with van der Waals surface area (Å²) in [6.07, 6.45) is -0.562. The minimum atomic E-state index is -0.573. The molecule has 2 rings (SSSR count). The number of rotatable bonds is 5. The molecule has 0 aliphatic carbocycles. The van der Waals surface area contributed by atoms with Gasteiger partial charge in [-0.15, -0.1) is 10.2 Å². The molecule has 130 valence electrons. The normalized spacial score (nSPS) is 11.2. The number of ether oxygens (including phenoxy) is 3. The van der Waals surface area contributed by atoms with Gasteiger partial charge in [-0.1, -0.05) is 17.4 Å². The van der Waals surface area contributed by atoms with Gasteiger partial charge in [0, 0.05) is 12.7 Å². The highest BCUT2D eigenvalue weighted by Gasteiger charge is 2.18. The Morgan fingerprint density at radius 1 is 1.25 bits per heavy atom. The van der Waals surface area contributed by atoms with Crippen LogP contribution >= 0.6 is 11.3 Å². The fourth-order valence-corrected chi connectivity index (χ4v) is 2.72. The molecule has 1 aromatic carbocycles. The van der Waals surface area contributed by atoms with Crippen LogP contribution in [0.5, 0.6) is 5.75 Å². The average molecular weight is 351 g/mol. The minimum absolute atomic E-state index is 0.366. The Kier molecular flexibility index (Phi) is 5.74. The van der Waals surface area contributed by atoms with E-state index in [4.69, 9.17) is 14.2 Å². The van der Waals surface area contributed by atoms with Gasteiger partial charge in [0.1, 0.15) is 16.4 Å². The van der Waals surface area contributed by atoms with Crippen LogP contribution in [0.1, 0.15) is 26.3 Å². The third kappa shape index (κ3) is 4.90. The van der Waals surface area contributed by atoms with Crippen molar-refractivity contribution in [2.45, 2.75) is 33.0 Å². The zero-order valence-electron chi connectivity index (χ0n) is 14.4. The van der Waals surface area contributed by atoms with E-state index in [0.717, 1.165) is 11.1 Å². The van der Waals surface area contributed by atoms with Gasteiger partial charge >= 0.3 is 6.09 Å². The van der Waals surface area contributed by atoms with E-state index in [0.29, 0.717) is 22.5 Å². The van der Waals surface area contributed by atoms with Crippen LogP contribution in [0.25, 0.3) is 10.6 Å². The Morgan fingerprint density at radius 2 is 2.00 bits per heavy atom. The van der Waals surface area contributed by atoms with Gasteiger partial charge in [-0.05, 0) is 38.5 Å². The molecular formula is C16H21N3O4S. The van der Waals surface area contributed by atoms with Crippen LogP contribution in [0.4, 0.5) is 9.93 Å². The van der Waals surface area contributed by atoms with Crippen LogP contribution in [0.2, 0.25) is 0 Å². The number of aromatic nitrogens is 2. The summed E-state index contributed by atoms with van der Waals surface area (Å²) in [6.45, 7) is 5.83. The van der Waals surface area contributed by atoms with Crippen molar-refractivity contribution in [3.63, 3.8) is 0 Å². The van der Waals surface area contributed by atoms with Crippen molar-refractivity contribution in [1.29, 1.82) is 0 Å². The highest BCUT2D eigenvalue weighted by atomic mass is 32.1. The van der Waals surface area contributed by atoms with Crippen molar-refractivity contribution in [2.75, 3.05) is 19.5 Å². The third-order valence-corrected chi connectivity index (χ3v) is 3.75. The van der Waals surface area contributed by atoms with E-state index >= 15 is 0 Å². The third-order valence-electron chi connectivity index (χ3n) is 2.88. The molecule has 0 saturated carbocycles. The molecule has 7 nitrogen and oxygen atoms in total. The molecule has 1 aromatic heterocycles. The molecule has 0 aliphatic rings. The first-order valence-electron chi connectivity index (χ1n) is 7.32. The maximum absolute atomic E-state index is 11.8. The first kappa shape index (κ1) is 18.2. The first-order chi connectivity index (χ1) is 11.3.